The standard InChI is InChI=1S/C24H23Cl2FN2O5/c1-24(2)22(31)29(23(32)34-24)13-3-4-17(26)20(9-13)33-21-16-7-12(25)8-18(27)15(16)10-19(21)28-6-5-14(30)11-28/h3-4,7-9,14,19,21,30H,5-6,10-11H2,1-2H3/t14-,19-,21+/m1/s1. The number of carbonyl (C=O) groups excluding carboxylic acids is 2. The Kier molecular flexibility index (Phi) is 5.75. The first kappa shape index (κ1) is 23.4. The monoisotopic (exact) mass is 508 g/mol. The third kappa shape index (κ3) is 3.92. The van der Waals surface area contributed by atoms with Crippen molar-refractivity contribution in [2.45, 2.75) is 50.5 Å². The largest absolute Gasteiger partial charge is 0.482 e. The Morgan fingerprint density at radius 1 is 1.21 bits per heavy atom. The van der Waals surface area contributed by atoms with Crippen LogP contribution in [0.15, 0.2) is 30.3 Å². The van der Waals surface area contributed by atoms with Crippen LogP contribution >= 0.6 is 23.2 Å². The fraction of sp³-hybridized carbons (Fsp3) is 0.417. The quantitative estimate of drug-likeness (QED) is 0.654. The van der Waals surface area contributed by atoms with Crippen LogP contribution in [0.3, 0.4) is 0 Å². The second kappa shape index (κ2) is 8.37. The highest BCUT2D eigenvalue weighted by Crippen LogP contribution is 2.44. The van der Waals surface area contributed by atoms with Crippen molar-refractivity contribution >= 4 is 40.9 Å². The Morgan fingerprint density at radius 3 is 2.62 bits per heavy atom. The van der Waals surface area contributed by atoms with E-state index in [1.54, 1.807) is 6.07 Å². The molecule has 180 valence electrons. The van der Waals surface area contributed by atoms with Gasteiger partial charge in [0, 0.05) is 29.7 Å². The normalized spacial score (nSPS) is 26.2. The molecule has 10 heteroatoms. The summed E-state index contributed by atoms with van der Waals surface area (Å²) in [5, 5.41) is 10.6. The van der Waals surface area contributed by atoms with Gasteiger partial charge < -0.3 is 14.6 Å². The lowest BCUT2D eigenvalue weighted by Crippen LogP contribution is -2.39. The molecule has 7 nitrogen and oxygen atoms in total. The molecule has 2 aromatic carbocycles. The molecule has 0 saturated carbocycles. The van der Waals surface area contributed by atoms with E-state index in [1.807, 2.05) is 0 Å². The lowest BCUT2D eigenvalue weighted by Gasteiger charge is -2.30. The van der Waals surface area contributed by atoms with Gasteiger partial charge >= 0.3 is 6.09 Å². The van der Waals surface area contributed by atoms with E-state index in [0.717, 1.165) is 4.90 Å². The summed E-state index contributed by atoms with van der Waals surface area (Å²) < 4.78 is 26.3. The van der Waals surface area contributed by atoms with E-state index in [0.29, 0.717) is 37.1 Å². The van der Waals surface area contributed by atoms with Crippen LogP contribution in [-0.2, 0) is 16.0 Å². The number of halogens is 3. The molecular formula is C24H23Cl2FN2O5. The molecule has 2 saturated heterocycles. The van der Waals surface area contributed by atoms with Gasteiger partial charge in [-0.05, 0) is 56.5 Å². The van der Waals surface area contributed by atoms with Crippen LogP contribution < -0.4 is 9.64 Å². The molecule has 2 aromatic rings. The predicted molar refractivity (Wildman–Crippen MR) is 124 cm³/mol. The first-order chi connectivity index (χ1) is 16.0. The van der Waals surface area contributed by atoms with Crippen LogP contribution in [0, 0.1) is 5.82 Å². The van der Waals surface area contributed by atoms with E-state index in [4.69, 9.17) is 32.7 Å². The lowest BCUT2D eigenvalue weighted by atomic mass is 10.1. The Balaban J connectivity index is 1.52. The summed E-state index contributed by atoms with van der Waals surface area (Å²) in [6.07, 6.45) is -0.863. The number of aliphatic hydroxyl groups excluding tert-OH is 1. The van der Waals surface area contributed by atoms with Crippen LogP contribution in [0.4, 0.5) is 14.9 Å². The Morgan fingerprint density at radius 2 is 1.97 bits per heavy atom. The van der Waals surface area contributed by atoms with Gasteiger partial charge in [-0.1, -0.05) is 23.2 Å². The number of likely N-dealkylation sites (tertiary alicyclic amines) is 1. The van der Waals surface area contributed by atoms with Gasteiger partial charge in [0.25, 0.3) is 5.91 Å². The van der Waals surface area contributed by atoms with Gasteiger partial charge in [0.2, 0.25) is 0 Å². The minimum absolute atomic E-state index is 0.229. The maximum Gasteiger partial charge on any atom is 0.422 e. The van der Waals surface area contributed by atoms with Crippen molar-refractivity contribution in [2.75, 3.05) is 18.0 Å². The number of aliphatic hydroxyl groups is 1. The molecule has 2 amide bonds. The van der Waals surface area contributed by atoms with Crippen LogP contribution in [-0.4, -0.2) is 52.8 Å². The maximum absolute atomic E-state index is 14.8. The van der Waals surface area contributed by atoms with Crippen LogP contribution in [0.2, 0.25) is 10.0 Å². The second-order valence-corrected chi connectivity index (χ2v) is 10.2. The Bertz CT molecular complexity index is 1190. The number of nitrogens with zero attached hydrogens (tertiary/aromatic N) is 2. The van der Waals surface area contributed by atoms with Crippen molar-refractivity contribution in [1.82, 2.24) is 4.90 Å². The van der Waals surface area contributed by atoms with Crippen molar-refractivity contribution in [1.29, 1.82) is 0 Å². The zero-order chi connectivity index (χ0) is 24.4. The van der Waals surface area contributed by atoms with Gasteiger partial charge in [-0.2, -0.15) is 0 Å². The number of fused-ring (bicyclic) bond motifs is 1. The zero-order valence-electron chi connectivity index (χ0n) is 18.6. The Hall–Kier alpha value is -2.39. The third-order valence-corrected chi connectivity index (χ3v) is 7.13. The molecule has 2 fully saturated rings. The average molecular weight is 509 g/mol. The molecule has 0 bridgehead atoms. The molecule has 3 aliphatic rings. The van der Waals surface area contributed by atoms with E-state index in [-0.39, 0.29) is 27.5 Å². The number of benzene rings is 2. The first-order valence-corrected chi connectivity index (χ1v) is 11.7. The highest BCUT2D eigenvalue weighted by Gasteiger charge is 2.48. The fourth-order valence-electron chi connectivity index (χ4n) is 4.89. The number of cyclic esters (lactones) is 1. The van der Waals surface area contributed by atoms with Gasteiger partial charge in [-0.3, -0.25) is 9.69 Å². The number of carbonyl (C=O) groups is 2. The summed E-state index contributed by atoms with van der Waals surface area (Å²) >= 11 is 12.6. The molecule has 1 aliphatic carbocycles. The Labute approximate surface area is 205 Å². The fourth-order valence-corrected chi connectivity index (χ4v) is 5.26. The summed E-state index contributed by atoms with van der Waals surface area (Å²) in [4.78, 5) is 28.1. The number of hydrogen-bond donors (Lipinski definition) is 1. The highest BCUT2D eigenvalue weighted by atomic mass is 35.5. The minimum atomic E-state index is -1.28. The summed E-state index contributed by atoms with van der Waals surface area (Å²) in [6, 6.07) is 7.26. The molecule has 5 rings (SSSR count). The predicted octanol–water partition coefficient (Wildman–Crippen LogP) is 4.51. The summed E-state index contributed by atoms with van der Waals surface area (Å²) in [5.41, 5.74) is 0.0883. The van der Waals surface area contributed by atoms with Crippen molar-refractivity contribution in [3.05, 3.63) is 57.3 Å². The molecule has 34 heavy (non-hydrogen) atoms. The number of hydrogen-bond acceptors (Lipinski definition) is 6. The van der Waals surface area contributed by atoms with E-state index in [1.165, 1.54) is 38.1 Å². The smallest absolute Gasteiger partial charge is 0.422 e. The van der Waals surface area contributed by atoms with Crippen molar-refractivity contribution in [3.63, 3.8) is 0 Å². The molecule has 2 heterocycles. The van der Waals surface area contributed by atoms with E-state index < -0.39 is 35.6 Å². The molecule has 0 radical (unpaired) electrons. The zero-order valence-corrected chi connectivity index (χ0v) is 20.1. The lowest BCUT2D eigenvalue weighted by molar-refractivity contribution is -0.127. The van der Waals surface area contributed by atoms with E-state index >= 15 is 0 Å². The average Bonchev–Trinajstić information content (AvgIpc) is 3.39. The molecule has 0 unspecified atom stereocenters. The van der Waals surface area contributed by atoms with Crippen molar-refractivity contribution in [3.8, 4) is 5.75 Å². The first-order valence-electron chi connectivity index (χ1n) is 11.0. The molecule has 0 aromatic heterocycles. The van der Waals surface area contributed by atoms with Gasteiger partial charge in [-0.25, -0.2) is 14.1 Å². The maximum atomic E-state index is 14.8. The number of rotatable bonds is 4. The minimum Gasteiger partial charge on any atom is -0.482 e. The van der Waals surface area contributed by atoms with Crippen LogP contribution in [0.25, 0.3) is 0 Å². The van der Waals surface area contributed by atoms with Crippen LogP contribution in [0.5, 0.6) is 5.75 Å². The molecule has 2 aliphatic heterocycles. The molecular weight excluding hydrogens is 486 g/mol. The third-order valence-electron chi connectivity index (χ3n) is 6.60. The summed E-state index contributed by atoms with van der Waals surface area (Å²) in [5.74, 6) is -0.687. The number of amides is 2. The topological polar surface area (TPSA) is 79.3 Å². The second-order valence-electron chi connectivity index (χ2n) is 9.34. The van der Waals surface area contributed by atoms with Crippen LogP contribution in [0.1, 0.15) is 37.5 Å². The van der Waals surface area contributed by atoms with Crippen molar-refractivity contribution < 1.29 is 28.6 Å². The SMILES string of the molecule is CC1(C)OC(=O)N(c2ccc(Cl)c(O[C@H]3c4cc(Cl)cc(F)c4C[C@H]3N3CC[C@@H](O)C3)c2)C1=O. The van der Waals surface area contributed by atoms with Gasteiger partial charge in [0.15, 0.2) is 5.60 Å². The molecule has 0 spiro atoms. The van der Waals surface area contributed by atoms with E-state index in [2.05, 4.69) is 4.90 Å². The summed E-state index contributed by atoms with van der Waals surface area (Å²) in [7, 11) is 0. The number of β-amino-alcohol motifs (C(OH)–C–C–N with tert-alkyl or cyclic N) is 1. The summed E-state index contributed by atoms with van der Waals surface area (Å²) in [6.45, 7) is 4.13. The van der Waals surface area contributed by atoms with Gasteiger partial charge in [0.1, 0.15) is 17.7 Å². The van der Waals surface area contributed by atoms with Gasteiger partial charge in [-0.15, -0.1) is 0 Å². The molecule has 3 atom stereocenters. The van der Waals surface area contributed by atoms with Gasteiger partial charge in [0.05, 0.1) is 22.9 Å². The highest BCUT2D eigenvalue weighted by molar-refractivity contribution is 6.32. The number of ether oxygens (including phenoxy) is 2. The van der Waals surface area contributed by atoms with E-state index in [9.17, 15) is 19.1 Å². The van der Waals surface area contributed by atoms with Crippen molar-refractivity contribution in [2.24, 2.45) is 0 Å². The number of imide groups is 1. The molecule has 1 N–H and O–H groups in total. The number of anilines is 1.